The number of hydrogen-bond acceptors (Lipinski definition) is 4. The summed E-state index contributed by atoms with van der Waals surface area (Å²) < 4.78 is 0. The third kappa shape index (κ3) is 3.57. The normalized spacial score (nSPS) is 19.4. The molecule has 0 saturated carbocycles. The number of anilines is 1. The molecule has 1 fully saturated rings. The zero-order valence-electron chi connectivity index (χ0n) is 12.3. The van der Waals surface area contributed by atoms with Crippen LogP contribution in [0.2, 0.25) is 5.15 Å². The lowest BCUT2D eigenvalue weighted by Gasteiger charge is -2.38. The Kier molecular flexibility index (Phi) is 4.31. The highest BCUT2D eigenvalue weighted by Crippen LogP contribution is 2.31. The van der Waals surface area contributed by atoms with E-state index in [1.165, 1.54) is 12.8 Å². The number of halogens is 1. The Bertz CT molecular complexity index is 453. The zero-order valence-corrected chi connectivity index (χ0v) is 13.0. The van der Waals surface area contributed by atoms with Crippen molar-refractivity contribution in [1.82, 2.24) is 14.9 Å². The van der Waals surface area contributed by atoms with E-state index in [-0.39, 0.29) is 0 Å². The maximum Gasteiger partial charge on any atom is 0.171 e. The van der Waals surface area contributed by atoms with Crippen molar-refractivity contribution in [2.24, 2.45) is 5.41 Å². The molecule has 2 rings (SSSR count). The van der Waals surface area contributed by atoms with E-state index >= 15 is 0 Å². The predicted octanol–water partition coefficient (Wildman–Crippen LogP) is 2.89. The third-order valence-corrected chi connectivity index (χ3v) is 4.40. The van der Waals surface area contributed by atoms with Gasteiger partial charge in [-0.05, 0) is 52.2 Å². The van der Waals surface area contributed by atoms with Gasteiger partial charge in [-0.3, -0.25) is 0 Å². The van der Waals surface area contributed by atoms with E-state index in [1.807, 2.05) is 13.8 Å². The van der Waals surface area contributed by atoms with Crippen LogP contribution in [0.25, 0.3) is 0 Å². The van der Waals surface area contributed by atoms with Crippen LogP contribution in [0.15, 0.2) is 0 Å². The average Bonchev–Trinajstić information content (AvgIpc) is 2.36. The molecule has 0 unspecified atom stereocenters. The van der Waals surface area contributed by atoms with Crippen LogP contribution in [0, 0.1) is 19.3 Å². The molecule has 5 heteroatoms. The minimum Gasteiger partial charge on any atom is -0.367 e. The van der Waals surface area contributed by atoms with E-state index in [1.54, 1.807) is 0 Å². The van der Waals surface area contributed by atoms with Crippen LogP contribution in [0.3, 0.4) is 0 Å². The van der Waals surface area contributed by atoms with E-state index in [0.29, 0.717) is 16.4 Å². The van der Waals surface area contributed by atoms with Gasteiger partial charge in [0.15, 0.2) is 11.0 Å². The lowest BCUT2D eigenvalue weighted by atomic mass is 9.80. The highest BCUT2D eigenvalue weighted by molar-refractivity contribution is 6.31. The van der Waals surface area contributed by atoms with E-state index in [2.05, 4.69) is 34.2 Å². The van der Waals surface area contributed by atoms with Crippen molar-refractivity contribution in [2.45, 2.75) is 33.6 Å². The van der Waals surface area contributed by atoms with Gasteiger partial charge in [0.25, 0.3) is 0 Å². The molecular formula is C14H23ClN4. The van der Waals surface area contributed by atoms with Crippen LogP contribution in [0.4, 0.5) is 5.82 Å². The molecule has 1 aromatic rings. The van der Waals surface area contributed by atoms with Gasteiger partial charge in [-0.2, -0.15) is 0 Å². The molecule has 1 aliphatic rings. The Balaban J connectivity index is 2.01. The summed E-state index contributed by atoms with van der Waals surface area (Å²) >= 11 is 6.14. The molecule has 0 atom stereocenters. The second kappa shape index (κ2) is 5.63. The first-order valence-corrected chi connectivity index (χ1v) is 7.21. The molecule has 0 aliphatic carbocycles. The zero-order chi connectivity index (χ0) is 14.0. The molecular weight excluding hydrogens is 260 g/mol. The number of rotatable bonds is 3. The summed E-state index contributed by atoms with van der Waals surface area (Å²) in [5.41, 5.74) is 2.14. The Morgan fingerprint density at radius 1 is 1.21 bits per heavy atom. The molecule has 4 nitrogen and oxygen atoms in total. The maximum atomic E-state index is 6.14. The third-order valence-electron chi connectivity index (χ3n) is 4.14. The molecule has 19 heavy (non-hydrogen) atoms. The Morgan fingerprint density at radius 3 is 2.42 bits per heavy atom. The van der Waals surface area contributed by atoms with Crippen molar-refractivity contribution in [3.8, 4) is 0 Å². The lowest BCUT2D eigenvalue weighted by molar-refractivity contribution is 0.150. The second-order valence-corrected chi connectivity index (χ2v) is 6.36. The van der Waals surface area contributed by atoms with Crippen molar-refractivity contribution >= 4 is 17.4 Å². The van der Waals surface area contributed by atoms with Gasteiger partial charge in [0.1, 0.15) is 0 Å². The second-order valence-electron chi connectivity index (χ2n) is 6.00. The minimum absolute atomic E-state index is 0.316. The quantitative estimate of drug-likeness (QED) is 0.926. The summed E-state index contributed by atoms with van der Waals surface area (Å²) in [4.78, 5) is 11.2. The fraction of sp³-hybridized carbons (Fsp3) is 0.714. The van der Waals surface area contributed by atoms with Crippen LogP contribution in [0.5, 0.6) is 0 Å². The topological polar surface area (TPSA) is 41.1 Å². The Labute approximate surface area is 120 Å². The number of aryl methyl sites for hydroxylation is 2. The standard InChI is InChI=1S/C14H23ClN4/c1-10-11(2)18-13(12(15)17-10)16-9-14(3)5-7-19(4)8-6-14/h5-9H2,1-4H3,(H,16,18). The van der Waals surface area contributed by atoms with Crippen molar-refractivity contribution in [3.63, 3.8) is 0 Å². The van der Waals surface area contributed by atoms with E-state index in [0.717, 1.165) is 31.0 Å². The molecule has 1 aliphatic heterocycles. The molecule has 1 N–H and O–H groups in total. The number of piperidine rings is 1. The fourth-order valence-electron chi connectivity index (χ4n) is 2.32. The summed E-state index contributed by atoms with van der Waals surface area (Å²) in [6.07, 6.45) is 2.40. The van der Waals surface area contributed by atoms with Crippen LogP contribution in [0.1, 0.15) is 31.2 Å². The summed E-state index contributed by atoms with van der Waals surface area (Å²) in [5.74, 6) is 0.713. The predicted molar refractivity (Wildman–Crippen MR) is 79.8 cm³/mol. The summed E-state index contributed by atoms with van der Waals surface area (Å²) in [7, 11) is 2.18. The molecule has 2 heterocycles. The molecule has 1 aromatic heterocycles. The average molecular weight is 283 g/mol. The summed E-state index contributed by atoms with van der Waals surface area (Å²) in [5, 5.41) is 3.85. The number of hydrogen-bond donors (Lipinski definition) is 1. The SMILES string of the molecule is Cc1nc(Cl)c(NCC2(C)CCN(C)CC2)nc1C. The highest BCUT2D eigenvalue weighted by atomic mass is 35.5. The molecule has 0 amide bonds. The van der Waals surface area contributed by atoms with Gasteiger partial charge in [-0.1, -0.05) is 18.5 Å². The van der Waals surface area contributed by atoms with E-state index in [4.69, 9.17) is 11.6 Å². The van der Waals surface area contributed by atoms with Gasteiger partial charge in [0.05, 0.1) is 11.4 Å². The molecule has 0 radical (unpaired) electrons. The van der Waals surface area contributed by atoms with E-state index < -0.39 is 0 Å². The molecule has 1 saturated heterocycles. The maximum absolute atomic E-state index is 6.14. The van der Waals surface area contributed by atoms with Crippen LogP contribution < -0.4 is 5.32 Å². The number of nitrogens with one attached hydrogen (secondary N) is 1. The fourth-order valence-corrected chi connectivity index (χ4v) is 2.56. The number of aromatic nitrogens is 2. The van der Waals surface area contributed by atoms with Gasteiger partial charge >= 0.3 is 0 Å². The number of likely N-dealkylation sites (tertiary alicyclic amines) is 1. The van der Waals surface area contributed by atoms with Gasteiger partial charge in [0.2, 0.25) is 0 Å². The van der Waals surface area contributed by atoms with Crippen LogP contribution >= 0.6 is 11.6 Å². The molecule has 0 aromatic carbocycles. The molecule has 0 spiro atoms. The minimum atomic E-state index is 0.316. The van der Waals surface area contributed by atoms with Crippen molar-refractivity contribution < 1.29 is 0 Å². The van der Waals surface area contributed by atoms with Crippen molar-refractivity contribution in [1.29, 1.82) is 0 Å². The van der Waals surface area contributed by atoms with E-state index in [9.17, 15) is 0 Å². The smallest absolute Gasteiger partial charge is 0.171 e. The molecule has 106 valence electrons. The first-order valence-electron chi connectivity index (χ1n) is 6.83. The summed E-state index contributed by atoms with van der Waals surface area (Å²) in [6.45, 7) is 9.43. The van der Waals surface area contributed by atoms with Crippen LogP contribution in [-0.4, -0.2) is 41.5 Å². The first-order chi connectivity index (χ1) is 8.89. The van der Waals surface area contributed by atoms with Crippen molar-refractivity contribution in [3.05, 3.63) is 16.5 Å². The van der Waals surface area contributed by atoms with Gasteiger partial charge in [-0.25, -0.2) is 9.97 Å². The first kappa shape index (κ1) is 14.5. The van der Waals surface area contributed by atoms with Crippen LogP contribution in [-0.2, 0) is 0 Å². The number of nitrogens with zero attached hydrogens (tertiary/aromatic N) is 3. The van der Waals surface area contributed by atoms with Crippen molar-refractivity contribution in [2.75, 3.05) is 32.0 Å². The largest absolute Gasteiger partial charge is 0.367 e. The monoisotopic (exact) mass is 282 g/mol. The lowest BCUT2D eigenvalue weighted by Crippen LogP contribution is -2.40. The summed E-state index contributed by atoms with van der Waals surface area (Å²) in [6, 6.07) is 0. The Hall–Kier alpha value is -0.870. The van der Waals surface area contributed by atoms with Gasteiger partial charge in [0, 0.05) is 6.54 Å². The van der Waals surface area contributed by atoms with Gasteiger partial charge < -0.3 is 10.2 Å². The molecule has 0 bridgehead atoms. The highest BCUT2D eigenvalue weighted by Gasteiger charge is 2.28. The Morgan fingerprint density at radius 2 is 1.79 bits per heavy atom. The van der Waals surface area contributed by atoms with Gasteiger partial charge in [-0.15, -0.1) is 0 Å².